The molecule has 5 nitrogen and oxygen atoms in total. The van der Waals surface area contributed by atoms with Crippen molar-refractivity contribution in [2.24, 2.45) is 5.92 Å². The lowest BCUT2D eigenvalue weighted by Crippen LogP contribution is -2.24. The summed E-state index contributed by atoms with van der Waals surface area (Å²) in [6.45, 7) is 11.5. The average molecular weight is 240 g/mol. The van der Waals surface area contributed by atoms with Crippen LogP contribution in [0.1, 0.15) is 53.0 Å². The molecule has 2 N–H and O–H groups in total. The van der Waals surface area contributed by atoms with E-state index in [-0.39, 0.29) is 6.04 Å². The molecule has 0 saturated carbocycles. The van der Waals surface area contributed by atoms with Gasteiger partial charge in [-0.25, -0.2) is 0 Å². The minimum atomic E-state index is 0.0992. The number of hydrogen-bond acceptors (Lipinski definition) is 5. The van der Waals surface area contributed by atoms with Gasteiger partial charge in [0.25, 0.3) is 0 Å². The smallest absolute Gasteiger partial charge is 0.315 e. The van der Waals surface area contributed by atoms with E-state index in [1.54, 1.807) is 0 Å². The van der Waals surface area contributed by atoms with Gasteiger partial charge in [0.2, 0.25) is 5.89 Å². The fourth-order valence-electron chi connectivity index (χ4n) is 1.76. The highest BCUT2D eigenvalue weighted by molar-refractivity contribution is 5.20. The van der Waals surface area contributed by atoms with Crippen molar-refractivity contribution in [1.82, 2.24) is 15.5 Å². The third-order valence-corrected chi connectivity index (χ3v) is 2.87. The summed E-state index contributed by atoms with van der Waals surface area (Å²) in [5.74, 6) is 1.18. The molecule has 1 aromatic heterocycles. The van der Waals surface area contributed by atoms with Crippen molar-refractivity contribution in [3.05, 3.63) is 5.89 Å². The summed E-state index contributed by atoms with van der Waals surface area (Å²) in [5.41, 5.74) is 0. The lowest BCUT2D eigenvalue weighted by atomic mass is 10.0. The van der Waals surface area contributed by atoms with Crippen molar-refractivity contribution in [3.63, 3.8) is 0 Å². The lowest BCUT2D eigenvalue weighted by molar-refractivity contribution is 0.418. The van der Waals surface area contributed by atoms with E-state index in [2.05, 4.69) is 48.5 Å². The average Bonchev–Trinajstić information content (AvgIpc) is 2.74. The van der Waals surface area contributed by atoms with Crippen molar-refractivity contribution < 1.29 is 4.42 Å². The molecule has 0 aliphatic rings. The van der Waals surface area contributed by atoms with Crippen molar-refractivity contribution in [2.75, 3.05) is 11.9 Å². The molecule has 5 heteroatoms. The molecule has 0 fully saturated rings. The Balaban J connectivity index is 2.61. The Bertz CT molecular complexity index is 324. The Morgan fingerprint density at radius 1 is 1.18 bits per heavy atom. The number of anilines is 1. The molecule has 2 atom stereocenters. The highest BCUT2D eigenvalue weighted by atomic mass is 16.4. The first-order valence-electron chi connectivity index (χ1n) is 6.41. The highest BCUT2D eigenvalue weighted by Crippen LogP contribution is 2.17. The van der Waals surface area contributed by atoms with Gasteiger partial charge in [0.15, 0.2) is 0 Å². The minimum absolute atomic E-state index is 0.0992. The summed E-state index contributed by atoms with van der Waals surface area (Å²) in [6, 6.07) is 0.991. The molecular formula is C12H24N4O. The quantitative estimate of drug-likeness (QED) is 0.767. The zero-order valence-electron chi connectivity index (χ0n) is 11.4. The second kappa shape index (κ2) is 6.59. The van der Waals surface area contributed by atoms with Gasteiger partial charge in [0, 0.05) is 6.04 Å². The number of nitrogens with zero attached hydrogens (tertiary/aromatic N) is 2. The van der Waals surface area contributed by atoms with Crippen LogP contribution < -0.4 is 10.6 Å². The minimum Gasteiger partial charge on any atom is -0.406 e. The highest BCUT2D eigenvalue weighted by Gasteiger charge is 2.16. The molecule has 0 bridgehead atoms. The largest absolute Gasteiger partial charge is 0.406 e. The first-order chi connectivity index (χ1) is 8.08. The van der Waals surface area contributed by atoms with Crippen LogP contribution in [0, 0.1) is 5.92 Å². The number of rotatable bonds is 7. The zero-order valence-corrected chi connectivity index (χ0v) is 11.4. The van der Waals surface area contributed by atoms with Crippen LogP contribution in [0.3, 0.4) is 0 Å². The van der Waals surface area contributed by atoms with Crippen molar-refractivity contribution in [2.45, 2.75) is 53.1 Å². The monoisotopic (exact) mass is 240 g/mol. The Hall–Kier alpha value is -1.10. The summed E-state index contributed by atoms with van der Waals surface area (Å²) in [5, 5.41) is 14.6. The van der Waals surface area contributed by atoms with Crippen LogP contribution >= 0.6 is 0 Å². The van der Waals surface area contributed by atoms with Gasteiger partial charge in [-0.05, 0) is 25.8 Å². The van der Waals surface area contributed by atoms with Gasteiger partial charge in [-0.15, -0.1) is 5.10 Å². The van der Waals surface area contributed by atoms with Gasteiger partial charge >= 0.3 is 6.01 Å². The summed E-state index contributed by atoms with van der Waals surface area (Å²) >= 11 is 0. The molecule has 1 aromatic rings. The maximum absolute atomic E-state index is 5.58. The van der Waals surface area contributed by atoms with Crippen LogP contribution in [0.25, 0.3) is 0 Å². The maximum Gasteiger partial charge on any atom is 0.315 e. The second-order valence-electron chi connectivity index (χ2n) is 4.63. The number of hydrogen-bond donors (Lipinski definition) is 2. The van der Waals surface area contributed by atoms with Gasteiger partial charge in [0.1, 0.15) is 0 Å². The molecule has 0 aliphatic heterocycles. The lowest BCUT2D eigenvalue weighted by Gasteiger charge is -2.18. The Labute approximate surface area is 103 Å². The predicted octanol–water partition coefficient (Wildman–Crippen LogP) is 2.59. The van der Waals surface area contributed by atoms with Crippen molar-refractivity contribution >= 4 is 6.01 Å². The van der Waals surface area contributed by atoms with Crippen molar-refractivity contribution in [3.8, 4) is 0 Å². The predicted molar refractivity (Wildman–Crippen MR) is 68.9 cm³/mol. The van der Waals surface area contributed by atoms with Crippen LogP contribution in [0.2, 0.25) is 0 Å². The Kier molecular flexibility index (Phi) is 5.41. The van der Waals surface area contributed by atoms with E-state index < -0.39 is 0 Å². The molecule has 17 heavy (non-hydrogen) atoms. The van der Waals surface area contributed by atoms with Crippen LogP contribution in [0.15, 0.2) is 4.42 Å². The van der Waals surface area contributed by atoms with Crippen molar-refractivity contribution in [1.29, 1.82) is 0 Å². The van der Waals surface area contributed by atoms with E-state index in [1.165, 1.54) is 0 Å². The van der Waals surface area contributed by atoms with Gasteiger partial charge < -0.3 is 15.1 Å². The van der Waals surface area contributed by atoms with Gasteiger partial charge in [-0.2, -0.15) is 0 Å². The Morgan fingerprint density at radius 2 is 1.88 bits per heavy atom. The third-order valence-electron chi connectivity index (χ3n) is 2.87. The first-order valence-corrected chi connectivity index (χ1v) is 6.41. The number of nitrogens with one attached hydrogen (secondary N) is 2. The van der Waals surface area contributed by atoms with Crippen LogP contribution in [-0.4, -0.2) is 22.8 Å². The third kappa shape index (κ3) is 4.00. The van der Waals surface area contributed by atoms with Gasteiger partial charge in [0.05, 0.1) is 6.04 Å². The fourth-order valence-corrected chi connectivity index (χ4v) is 1.76. The van der Waals surface area contributed by atoms with Gasteiger partial charge in [-0.3, -0.25) is 0 Å². The Morgan fingerprint density at radius 3 is 2.41 bits per heavy atom. The molecule has 0 aliphatic carbocycles. The van der Waals surface area contributed by atoms with E-state index in [0.29, 0.717) is 23.9 Å². The van der Waals surface area contributed by atoms with Gasteiger partial charge in [-0.1, -0.05) is 32.8 Å². The zero-order chi connectivity index (χ0) is 12.8. The fraction of sp³-hybridized carbons (Fsp3) is 0.833. The SMILES string of the molecule is CCNC(C)c1nnc(NC(CC)C(C)C)o1. The molecule has 1 rings (SSSR count). The van der Waals surface area contributed by atoms with E-state index >= 15 is 0 Å². The topological polar surface area (TPSA) is 63.0 Å². The molecule has 0 aromatic carbocycles. The summed E-state index contributed by atoms with van der Waals surface area (Å²) in [4.78, 5) is 0. The summed E-state index contributed by atoms with van der Waals surface area (Å²) in [6.07, 6.45) is 1.04. The molecule has 98 valence electrons. The summed E-state index contributed by atoms with van der Waals surface area (Å²) < 4.78 is 5.58. The first kappa shape index (κ1) is 14.0. The normalized spacial score (nSPS) is 14.9. The van der Waals surface area contributed by atoms with Crippen LogP contribution in [0.5, 0.6) is 0 Å². The standard InChI is InChI=1S/C12H24N4O/c1-6-10(8(3)4)14-12-16-15-11(17-12)9(5)13-7-2/h8-10,13H,6-7H2,1-5H3,(H,14,16). The molecular weight excluding hydrogens is 216 g/mol. The molecule has 1 heterocycles. The van der Waals surface area contributed by atoms with E-state index in [4.69, 9.17) is 4.42 Å². The summed E-state index contributed by atoms with van der Waals surface area (Å²) in [7, 11) is 0. The second-order valence-corrected chi connectivity index (χ2v) is 4.63. The molecule has 0 spiro atoms. The molecule has 0 saturated heterocycles. The van der Waals surface area contributed by atoms with E-state index in [0.717, 1.165) is 13.0 Å². The van der Waals surface area contributed by atoms with E-state index in [9.17, 15) is 0 Å². The molecule has 2 unspecified atom stereocenters. The van der Waals surface area contributed by atoms with Crippen LogP contribution in [-0.2, 0) is 0 Å². The molecule has 0 radical (unpaired) electrons. The maximum atomic E-state index is 5.58. The number of aromatic nitrogens is 2. The van der Waals surface area contributed by atoms with E-state index in [1.807, 2.05) is 6.92 Å². The van der Waals surface area contributed by atoms with Crippen LogP contribution in [0.4, 0.5) is 6.01 Å². The molecule has 0 amide bonds.